The van der Waals surface area contributed by atoms with E-state index in [1.807, 2.05) is 18.2 Å². The maximum Gasteiger partial charge on any atom is 0.122 e. The molecule has 0 saturated carbocycles. The van der Waals surface area contributed by atoms with Crippen molar-refractivity contribution in [3.63, 3.8) is 0 Å². The molecule has 0 bridgehead atoms. The molecule has 0 radical (unpaired) electrons. The van der Waals surface area contributed by atoms with Gasteiger partial charge in [-0.1, -0.05) is 54.6 Å². The van der Waals surface area contributed by atoms with Gasteiger partial charge in [-0.15, -0.1) is 0 Å². The number of imidazole rings is 1. The van der Waals surface area contributed by atoms with Gasteiger partial charge in [0.05, 0.1) is 17.6 Å². The molecule has 1 heterocycles. The molecule has 4 rings (SSSR count). The van der Waals surface area contributed by atoms with E-state index in [4.69, 9.17) is 9.72 Å². The SMILES string of the molecule is Cc1ccccc1Cc1nc2ccccc2n1CCCOc1ccccc1C. The minimum absolute atomic E-state index is 0.696. The van der Waals surface area contributed by atoms with E-state index < -0.39 is 0 Å². The van der Waals surface area contributed by atoms with Crippen molar-refractivity contribution in [2.75, 3.05) is 6.61 Å². The normalized spacial score (nSPS) is 11.1. The third kappa shape index (κ3) is 3.94. The molecule has 0 spiro atoms. The molecule has 4 aromatic rings. The Balaban J connectivity index is 1.52. The molecule has 3 nitrogen and oxygen atoms in total. The lowest BCUT2D eigenvalue weighted by Gasteiger charge is -2.12. The van der Waals surface area contributed by atoms with Gasteiger partial charge in [0.1, 0.15) is 11.6 Å². The van der Waals surface area contributed by atoms with Gasteiger partial charge in [0.25, 0.3) is 0 Å². The van der Waals surface area contributed by atoms with Gasteiger partial charge in [0, 0.05) is 13.0 Å². The van der Waals surface area contributed by atoms with Crippen LogP contribution in [0.1, 0.15) is 28.9 Å². The van der Waals surface area contributed by atoms with Crippen LogP contribution in [0.5, 0.6) is 5.75 Å². The van der Waals surface area contributed by atoms with Crippen LogP contribution in [0.25, 0.3) is 11.0 Å². The lowest BCUT2D eigenvalue weighted by molar-refractivity contribution is 0.300. The second-order valence-corrected chi connectivity index (χ2v) is 7.24. The smallest absolute Gasteiger partial charge is 0.122 e. The summed E-state index contributed by atoms with van der Waals surface area (Å²) in [7, 11) is 0. The van der Waals surface area contributed by atoms with Crippen LogP contribution in [-0.4, -0.2) is 16.2 Å². The van der Waals surface area contributed by atoms with Crippen molar-refractivity contribution < 1.29 is 4.74 Å². The van der Waals surface area contributed by atoms with E-state index in [0.717, 1.165) is 36.5 Å². The van der Waals surface area contributed by atoms with Crippen LogP contribution in [0.3, 0.4) is 0 Å². The first kappa shape index (κ1) is 18.3. The Kier molecular flexibility index (Phi) is 5.43. The number of nitrogens with zero attached hydrogens (tertiary/aromatic N) is 2. The summed E-state index contributed by atoms with van der Waals surface area (Å²) in [6.45, 7) is 5.84. The zero-order valence-corrected chi connectivity index (χ0v) is 16.6. The van der Waals surface area contributed by atoms with Gasteiger partial charge in [-0.25, -0.2) is 4.98 Å². The Morgan fingerprint density at radius 2 is 1.54 bits per heavy atom. The zero-order valence-electron chi connectivity index (χ0n) is 16.6. The van der Waals surface area contributed by atoms with E-state index in [1.54, 1.807) is 0 Å². The van der Waals surface area contributed by atoms with Gasteiger partial charge < -0.3 is 9.30 Å². The van der Waals surface area contributed by atoms with Gasteiger partial charge in [0.15, 0.2) is 0 Å². The summed E-state index contributed by atoms with van der Waals surface area (Å²) >= 11 is 0. The van der Waals surface area contributed by atoms with Crippen molar-refractivity contribution in [3.8, 4) is 5.75 Å². The molecule has 3 aromatic carbocycles. The van der Waals surface area contributed by atoms with E-state index in [2.05, 4.69) is 73.0 Å². The monoisotopic (exact) mass is 370 g/mol. The van der Waals surface area contributed by atoms with Gasteiger partial charge in [-0.3, -0.25) is 0 Å². The topological polar surface area (TPSA) is 27.1 Å². The van der Waals surface area contributed by atoms with Gasteiger partial charge in [-0.05, 0) is 55.2 Å². The van der Waals surface area contributed by atoms with Crippen molar-refractivity contribution >= 4 is 11.0 Å². The fourth-order valence-electron chi connectivity index (χ4n) is 3.61. The maximum atomic E-state index is 5.99. The van der Waals surface area contributed by atoms with Gasteiger partial charge >= 0.3 is 0 Å². The highest BCUT2D eigenvalue weighted by molar-refractivity contribution is 5.76. The van der Waals surface area contributed by atoms with E-state index in [9.17, 15) is 0 Å². The molecule has 0 unspecified atom stereocenters. The number of rotatable bonds is 7. The zero-order chi connectivity index (χ0) is 19.3. The average molecular weight is 370 g/mol. The maximum absolute atomic E-state index is 5.99. The molecule has 1 aromatic heterocycles. The van der Waals surface area contributed by atoms with Crippen LogP contribution in [0.4, 0.5) is 0 Å². The summed E-state index contributed by atoms with van der Waals surface area (Å²) in [6, 6.07) is 25.1. The highest BCUT2D eigenvalue weighted by atomic mass is 16.5. The first-order valence-corrected chi connectivity index (χ1v) is 9.89. The summed E-state index contributed by atoms with van der Waals surface area (Å²) in [5.74, 6) is 2.09. The Hall–Kier alpha value is -3.07. The third-order valence-electron chi connectivity index (χ3n) is 5.22. The van der Waals surface area contributed by atoms with Crippen molar-refractivity contribution in [3.05, 3.63) is 95.3 Å². The minimum Gasteiger partial charge on any atom is -0.493 e. The minimum atomic E-state index is 0.696. The standard InChI is InChI=1S/C25H26N2O/c1-19-10-3-5-12-21(19)18-25-26-22-13-6-7-14-23(22)27(25)16-9-17-28-24-15-8-4-11-20(24)2/h3-8,10-15H,9,16-18H2,1-2H3. The molecule has 0 amide bonds. The molecular weight excluding hydrogens is 344 g/mol. The predicted molar refractivity (Wildman–Crippen MR) is 115 cm³/mol. The second kappa shape index (κ2) is 8.30. The van der Waals surface area contributed by atoms with Crippen LogP contribution in [0.15, 0.2) is 72.8 Å². The van der Waals surface area contributed by atoms with E-state index >= 15 is 0 Å². The first-order chi connectivity index (χ1) is 13.7. The van der Waals surface area contributed by atoms with Crippen molar-refractivity contribution in [2.24, 2.45) is 0 Å². The fraction of sp³-hybridized carbons (Fsp3) is 0.240. The second-order valence-electron chi connectivity index (χ2n) is 7.24. The highest BCUT2D eigenvalue weighted by Gasteiger charge is 2.12. The number of para-hydroxylation sites is 3. The summed E-state index contributed by atoms with van der Waals surface area (Å²) in [6.07, 6.45) is 1.79. The number of hydrogen-bond acceptors (Lipinski definition) is 2. The molecule has 0 N–H and O–H groups in total. The van der Waals surface area contributed by atoms with Crippen LogP contribution in [0, 0.1) is 13.8 Å². The number of ether oxygens (including phenoxy) is 1. The lowest BCUT2D eigenvalue weighted by atomic mass is 10.1. The number of hydrogen-bond donors (Lipinski definition) is 0. The van der Waals surface area contributed by atoms with Crippen LogP contribution >= 0.6 is 0 Å². The van der Waals surface area contributed by atoms with E-state index in [-0.39, 0.29) is 0 Å². The number of aromatic nitrogens is 2. The van der Waals surface area contributed by atoms with Crippen LogP contribution in [-0.2, 0) is 13.0 Å². The first-order valence-electron chi connectivity index (χ1n) is 9.89. The van der Waals surface area contributed by atoms with E-state index in [1.165, 1.54) is 22.2 Å². The number of aryl methyl sites for hydroxylation is 3. The Labute approximate surface area is 166 Å². The van der Waals surface area contributed by atoms with E-state index in [0.29, 0.717) is 6.61 Å². The summed E-state index contributed by atoms with van der Waals surface area (Å²) in [5.41, 5.74) is 6.07. The molecule has 142 valence electrons. The molecule has 0 aliphatic carbocycles. The van der Waals surface area contributed by atoms with Crippen molar-refractivity contribution in [1.29, 1.82) is 0 Å². The predicted octanol–water partition coefficient (Wildman–Crippen LogP) is 5.71. The third-order valence-corrected chi connectivity index (χ3v) is 5.22. The molecule has 0 aliphatic rings. The van der Waals surface area contributed by atoms with Crippen molar-refractivity contribution in [1.82, 2.24) is 9.55 Å². The Morgan fingerprint density at radius 1 is 0.821 bits per heavy atom. The molecular formula is C25H26N2O. The van der Waals surface area contributed by atoms with Gasteiger partial charge in [-0.2, -0.15) is 0 Å². The Bertz CT molecular complexity index is 1080. The largest absolute Gasteiger partial charge is 0.493 e. The summed E-state index contributed by atoms with van der Waals surface area (Å²) in [5, 5.41) is 0. The summed E-state index contributed by atoms with van der Waals surface area (Å²) < 4.78 is 8.34. The number of fused-ring (bicyclic) bond motifs is 1. The lowest BCUT2D eigenvalue weighted by Crippen LogP contribution is -2.09. The molecule has 0 fully saturated rings. The fourth-order valence-corrected chi connectivity index (χ4v) is 3.61. The van der Waals surface area contributed by atoms with Crippen LogP contribution in [0.2, 0.25) is 0 Å². The molecule has 0 saturated heterocycles. The highest BCUT2D eigenvalue weighted by Crippen LogP contribution is 2.21. The quantitative estimate of drug-likeness (QED) is 0.389. The summed E-state index contributed by atoms with van der Waals surface area (Å²) in [4.78, 5) is 4.92. The average Bonchev–Trinajstić information content (AvgIpc) is 3.05. The van der Waals surface area contributed by atoms with Crippen LogP contribution < -0.4 is 4.74 Å². The number of benzene rings is 3. The van der Waals surface area contributed by atoms with Crippen molar-refractivity contribution in [2.45, 2.75) is 33.2 Å². The van der Waals surface area contributed by atoms with Gasteiger partial charge in [0.2, 0.25) is 0 Å². The molecule has 0 aliphatic heterocycles. The molecule has 0 atom stereocenters. The Morgan fingerprint density at radius 3 is 2.36 bits per heavy atom. The molecule has 3 heteroatoms. The molecule has 28 heavy (non-hydrogen) atoms.